The van der Waals surface area contributed by atoms with E-state index in [2.05, 4.69) is 43.1 Å². The fraction of sp³-hybridized carbons (Fsp3) is 0.417. The molecule has 0 bridgehead atoms. The van der Waals surface area contributed by atoms with Gasteiger partial charge in [0, 0.05) is 28.8 Å². The smallest absolute Gasteiger partial charge is 0.137 e. The molecule has 1 fully saturated rings. The highest BCUT2D eigenvalue weighted by Crippen LogP contribution is 2.21. The van der Waals surface area contributed by atoms with Gasteiger partial charge in [-0.1, -0.05) is 0 Å². The minimum atomic E-state index is 0.988. The number of halogens is 1. The van der Waals surface area contributed by atoms with Crippen LogP contribution in [0.15, 0.2) is 22.9 Å². The van der Waals surface area contributed by atoms with Crippen LogP contribution in [0.4, 0.5) is 0 Å². The van der Waals surface area contributed by atoms with Crippen LogP contribution in [0.5, 0.6) is 0 Å². The van der Waals surface area contributed by atoms with Crippen molar-refractivity contribution in [2.75, 3.05) is 19.6 Å². The van der Waals surface area contributed by atoms with E-state index in [0.29, 0.717) is 0 Å². The number of aromatic nitrogens is 2. The van der Waals surface area contributed by atoms with Crippen molar-refractivity contribution in [2.24, 2.45) is 0 Å². The van der Waals surface area contributed by atoms with Crippen molar-refractivity contribution >= 4 is 27.0 Å². The largest absolute Gasteiger partial charge is 0.346 e. The topological polar surface area (TPSA) is 31.9 Å². The van der Waals surface area contributed by atoms with Crippen molar-refractivity contribution in [3.8, 4) is 0 Å². The number of nitrogens with zero attached hydrogens (tertiary/aromatic N) is 2. The predicted molar refractivity (Wildman–Crippen MR) is 68.6 cm³/mol. The number of aromatic amines is 1. The Labute approximate surface area is 103 Å². The third-order valence-corrected chi connectivity index (χ3v) is 3.66. The number of likely N-dealkylation sites (tertiary alicyclic amines) is 1. The number of hydrogen-bond donors (Lipinski definition) is 1. The molecule has 0 spiro atoms. The van der Waals surface area contributed by atoms with Gasteiger partial charge in [0.2, 0.25) is 0 Å². The molecule has 1 aliphatic heterocycles. The lowest BCUT2D eigenvalue weighted by Crippen LogP contribution is -2.38. The summed E-state index contributed by atoms with van der Waals surface area (Å²) in [5, 5.41) is 1.25. The van der Waals surface area contributed by atoms with Crippen molar-refractivity contribution in [3.63, 3.8) is 0 Å². The number of rotatable bonds is 3. The Morgan fingerprint density at radius 1 is 1.44 bits per heavy atom. The summed E-state index contributed by atoms with van der Waals surface area (Å²) in [6, 6.07) is 2.14. The van der Waals surface area contributed by atoms with Gasteiger partial charge in [-0.05, 0) is 53.5 Å². The molecule has 2 aromatic heterocycles. The van der Waals surface area contributed by atoms with Crippen LogP contribution < -0.4 is 0 Å². The van der Waals surface area contributed by atoms with Gasteiger partial charge in [0.15, 0.2) is 0 Å². The molecule has 0 aliphatic carbocycles. The van der Waals surface area contributed by atoms with Gasteiger partial charge >= 0.3 is 0 Å². The van der Waals surface area contributed by atoms with Crippen LogP contribution in [0, 0.1) is 0 Å². The number of H-pyrrole nitrogens is 1. The van der Waals surface area contributed by atoms with Crippen LogP contribution in [0.25, 0.3) is 11.0 Å². The van der Waals surface area contributed by atoms with E-state index in [1.807, 2.05) is 6.20 Å². The van der Waals surface area contributed by atoms with Crippen LogP contribution in [0.1, 0.15) is 12.0 Å². The Morgan fingerprint density at radius 3 is 3.06 bits per heavy atom. The van der Waals surface area contributed by atoms with E-state index >= 15 is 0 Å². The summed E-state index contributed by atoms with van der Waals surface area (Å²) in [5.74, 6) is 0. The molecule has 3 rings (SSSR count). The maximum absolute atomic E-state index is 4.35. The monoisotopic (exact) mass is 279 g/mol. The summed E-state index contributed by atoms with van der Waals surface area (Å²) in [6.45, 7) is 3.70. The molecule has 1 saturated heterocycles. The summed E-state index contributed by atoms with van der Waals surface area (Å²) >= 11 is 3.47. The average Bonchev–Trinajstić information content (AvgIpc) is 2.59. The third-order valence-electron chi connectivity index (χ3n) is 3.23. The molecule has 0 amide bonds. The van der Waals surface area contributed by atoms with Gasteiger partial charge in [0.05, 0.1) is 0 Å². The average molecular weight is 280 g/mol. The van der Waals surface area contributed by atoms with E-state index in [4.69, 9.17) is 0 Å². The lowest BCUT2D eigenvalue weighted by Gasteiger charge is -2.30. The number of pyridine rings is 1. The van der Waals surface area contributed by atoms with Gasteiger partial charge in [-0.3, -0.25) is 0 Å². The van der Waals surface area contributed by atoms with Crippen LogP contribution in [-0.2, 0) is 6.42 Å². The maximum atomic E-state index is 4.35. The van der Waals surface area contributed by atoms with Crippen LogP contribution in [0.2, 0.25) is 0 Å². The minimum absolute atomic E-state index is 0.988. The quantitative estimate of drug-likeness (QED) is 0.937. The number of hydrogen-bond acceptors (Lipinski definition) is 2. The molecular formula is C12H14BrN3. The Bertz CT molecular complexity index is 502. The van der Waals surface area contributed by atoms with Gasteiger partial charge in [-0.15, -0.1) is 0 Å². The minimum Gasteiger partial charge on any atom is -0.346 e. The van der Waals surface area contributed by atoms with Gasteiger partial charge in [-0.2, -0.15) is 0 Å². The zero-order chi connectivity index (χ0) is 11.0. The predicted octanol–water partition coefficient (Wildman–Crippen LogP) is 2.57. The number of fused-ring (bicyclic) bond motifs is 1. The highest BCUT2D eigenvalue weighted by molar-refractivity contribution is 9.10. The molecule has 84 valence electrons. The molecule has 0 saturated carbocycles. The normalized spacial score (nSPS) is 16.6. The second kappa shape index (κ2) is 4.18. The first kappa shape index (κ1) is 10.3. The number of nitrogens with one attached hydrogen (secondary N) is 1. The summed E-state index contributed by atoms with van der Waals surface area (Å²) in [4.78, 5) is 10.1. The molecule has 3 heterocycles. The Kier molecular flexibility index (Phi) is 2.69. The van der Waals surface area contributed by atoms with Crippen molar-refractivity contribution < 1.29 is 0 Å². The molecule has 0 unspecified atom stereocenters. The first-order chi connectivity index (χ1) is 7.83. The molecule has 1 N–H and O–H groups in total. The standard InChI is InChI=1S/C12H14BrN3/c13-10-6-11-9(2-5-16-3-1-4-16)7-14-12(11)15-8-10/h6-8H,1-5H2,(H,14,15). The highest BCUT2D eigenvalue weighted by Gasteiger charge is 2.14. The van der Waals surface area contributed by atoms with Gasteiger partial charge in [0.25, 0.3) is 0 Å². The Balaban J connectivity index is 1.82. The van der Waals surface area contributed by atoms with Gasteiger partial charge in [-0.25, -0.2) is 4.98 Å². The zero-order valence-corrected chi connectivity index (χ0v) is 10.6. The van der Waals surface area contributed by atoms with E-state index in [1.54, 1.807) is 0 Å². The fourth-order valence-electron chi connectivity index (χ4n) is 2.12. The second-order valence-electron chi connectivity index (χ2n) is 4.31. The summed E-state index contributed by atoms with van der Waals surface area (Å²) in [6.07, 6.45) is 6.39. The molecule has 1 aliphatic rings. The zero-order valence-electron chi connectivity index (χ0n) is 9.04. The summed E-state index contributed by atoms with van der Waals surface area (Å²) in [5.41, 5.74) is 2.36. The van der Waals surface area contributed by atoms with Crippen molar-refractivity contribution in [1.29, 1.82) is 0 Å². The van der Waals surface area contributed by atoms with E-state index in [0.717, 1.165) is 16.5 Å². The lowest BCUT2D eigenvalue weighted by molar-refractivity contribution is 0.184. The third kappa shape index (κ3) is 1.87. The molecule has 2 aromatic rings. The molecule has 16 heavy (non-hydrogen) atoms. The van der Waals surface area contributed by atoms with Crippen molar-refractivity contribution in [2.45, 2.75) is 12.8 Å². The lowest BCUT2D eigenvalue weighted by atomic mass is 10.1. The fourth-order valence-corrected chi connectivity index (χ4v) is 2.45. The molecule has 4 heteroatoms. The van der Waals surface area contributed by atoms with Crippen LogP contribution >= 0.6 is 15.9 Å². The van der Waals surface area contributed by atoms with E-state index in [1.165, 1.54) is 37.0 Å². The summed E-state index contributed by atoms with van der Waals surface area (Å²) in [7, 11) is 0. The Hall–Kier alpha value is -0.870. The van der Waals surface area contributed by atoms with Crippen LogP contribution in [0.3, 0.4) is 0 Å². The highest BCUT2D eigenvalue weighted by atomic mass is 79.9. The molecule has 0 aromatic carbocycles. The van der Waals surface area contributed by atoms with E-state index in [9.17, 15) is 0 Å². The molecule has 0 atom stereocenters. The van der Waals surface area contributed by atoms with Crippen molar-refractivity contribution in [3.05, 3.63) is 28.5 Å². The molecule has 0 radical (unpaired) electrons. The first-order valence-electron chi connectivity index (χ1n) is 5.67. The first-order valence-corrected chi connectivity index (χ1v) is 6.46. The SMILES string of the molecule is Brc1cnc2[nH]cc(CCN3CCC3)c2c1. The van der Waals surface area contributed by atoms with Gasteiger partial charge < -0.3 is 9.88 Å². The molecule has 3 nitrogen and oxygen atoms in total. The maximum Gasteiger partial charge on any atom is 0.137 e. The second-order valence-corrected chi connectivity index (χ2v) is 5.22. The summed E-state index contributed by atoms with van der Waals surface area (Å²) < 4.78 is 1.05. The van der Waals surface area contributed by atoms with Crippen LogP contribution in [-0.4, -0.2) is 34.5 Å². The Morgan fingerprint density at radius 2 is 2.31 bits per heavy atom. The molecular weight excluding hydrogens is 266 g/mol. The van der Waals surface area contributed by atoms with E-state index in [-0.39, 0.29) is 0 Å². The van der Waals surface area contributed by atoms with Crippen molar-refractivity contribution in [1.82, 2.24) is 14.9 Å². The van der Waals surface area contributed by atoms with E-state index < -0.39 is 0 Å². The van der Waals surface area contributed by atoms with Gasteiger partial charge in [0.1, 0.15) is 5.65 Å².